The quantitative estimate of drug-likeness (QED) is 0.605. The monoisotopic (exact) mass is 275 g/mol. The lowest BCUT2D eigenvalue weighted by molar-refractivity contribution is -0.160. The van der Waals surface area contributed by atoms with E-state index in [4.69, 9.17) is 4.74 Å². The second-order valence-electron chi connectivity index (χ2n) is 4.94. The molecule has 0 spiro atoms. The number of hydrogen-bond donors (Lipinski definition) is 3. The molecule has 0 bridgehead atoms. The summed E-state index contributed by atoms with van der Waals surface area (Å²) in [7, 11) is 5.61. The van der Waals surface area contributed by atoms with Crippen molar-refractivity contribution in [3.63, 3.8) is 0 Å². The van der Waals surface area contributed by atoms with E-state index in [-0.39, 0.29) is 17.5 Å². The number of thioether (sulfide) groups is 1. The van der Waals surface area contributed by atoms with Gasteiger partial charge in [0.1, 0.15) is 29.8 Å². The standard InChI is InChI=1S/C11H21N3O3S/c1-5(12-2)9-8(16)7(15)6-10(17-9)18-11(13-6)14(3)4/h5-10,12,15-16H,1-4H3/t5-,6+,7+,8-,9+,10+/m0/s1. The number of aliphatic hydroxyl groups is 2. The highest BCUT2D eigenvalue weighted by molar-refractivity contribution is 8.14. The van der Waals surface area contributed by atoms with Crippen LogP contribution in [-0.2, 0) is 4.74 Å². The molecule has 6 nitrogen and oxygen atoms in total. The molecule has 0 aromatic rings. The van der Waals surface area contributed by atoms with Crippen LogP contribution in [0, 0.1) is 0 Å². The van der Waals surface area contributed by atoms with E-state index in [1.165, 1.54) is 11.8 Å². The molecule has 2 rings (SSSR count). The molecule has 104 valence electrons. The predicted octanol–water partition coefficient (Wildman–Crippen LogP) is -0.926. The van der Waals surface area contributed by atoms with Crippen LogP contribution >= 0.6 is 11.8 Å². The maximum Gasteiger partial charge on any atom is 0.161 e. The lowest BCUT2D eigenvalue weighted by Crippen LogP contribution is -2.59. The number of ether oxygens (including phenoxy) is 1. The van der Waals surface area contributed by atoms with Crippen molar-refractivity contribution in [3.05, 3.63) is 0 Å². The molecule has 3 N–H and O–H groups in total. The van der Waals surface area contributed by atoms with Crippen molar-refractivity contribution >= 4 is 16.9 Å². The lowest BCUT2D eigenvalue weighted by Gasteiger charge is -2.40. The minimum atomic E-state index is -0.917. The van der Waals surface area contributed by atoms with Crippen molar-refractivity contribution in [1.82, 2.24) is 10.2 Å². The Morgan fingerprint density at radius 1 is 1.39 bits per heavy atom. The van der Waals surface area contributed by atoms with Crippen molar-refractivity contribution in [2.75, 3.05) is 21.1 Å². The number of fused-ring (bicyclic) bond motifs is 1. The van der Waals surface area contributed by atoms with Gasteiger partial charge in [-0.15, -0.1) is 0 Å². The average molecular weight is 275 g/mol. The van der Waals surface area contributed by atoms with Gasteiger partial charge in [-0.25, -0.2) is 0 Å². The molecular formula is C11H21N3O3S. The van der Waals surface area contributed by atoms with Gasteiger partial charge < -0.3 is 25.2 Å². The third kappa shape index (κ3) is 2.37. The molecule has 1 fully saturated rings. The maximum atomic E-state index is 10.2. The first-order chi connectivity index (χ1) is 8.45. The Balaban J connectivity index is 2.14. The topological polar surface area (TPSA) is 77.3 Å². The van der Waals surface area contributed by atoms with Gasteiger partial charge in [0.05, 0.1) is 0 Å². The molecule has 0 aliphatic carbocycles. The molecule has 7 heteroatoms. The highest BCUT2D eigenvalue weighted by Crippen LogP contribution is 2.37. The average Bonchev–Trinajstić information content (AvgIpc) is 2.77. The molecule has 0 aromatic carbocycles. The summed E-state index contributed by atoms with van der Waals surface area (Å²) in [5.74, 6) is 0. The van der Waals surface area contributed by atoms with Gasteiger partial charge in [0, 0.05) is 20.1 Å². The van der Waals surface area contributed by atoms with Gasteiger partial charge in [0.25, 0.3) is 0 Å². The van der Waals surface area contributed by atoms with E-state index in [1.807, 2.05) is 33.0 Å². The molecule has 0 saturated carbocycles. The van der Waals surface area contributed by atoms with Crippen molar-refractivity contribution in [1.29, 1.82) is 0 Å². The van der Waals surface area contributed by atoms with Gasteiger partial charge in [0.2, 0.25) is 0 Å². The van der Waals surface area contributed by atoms with E-state index >= 15 is 0 Å². The summed E-state index contributed by atoms with van der Waals surface area (Å²) in [6.45, 7) is 1.92. The molecule has 2 aliphatic rings. The van der Waals surface area contributed by atoms with Crippen molar-refractivity contribution in [2.24, 2.45) is 4.99 Å². The summed E-state index contributed by atoms with van der Waals surface area (Å²) >= 11 is 1.49. The van der Waals surface area contributed by atoms with Crippen LogP contribution in [0.5, 0.6) is 0 Å². The first-order valence-electron chi connectivity index (χ1n) is 6.06. The molecule has 2 heterocycles. The van der Waals surface area contributed by atoms with Gasteiger partial charge in [-0.2, -0.15) is 0 Å². The summed E-state index contributed by atoms with van der Waals surface area (Å²) < 4.78 is 5.88. The van der Waals surface area contributed by atoms with Gasteiger partial charge >= 0.3 is 0 Å². The number of aliphatic imine (C=N–C) groups is 1. The van der Waals surface area contributed by atoms with Crippen LogP contribution < -0.4 is 5.32 Å². The third-order valence-corrected chi connectivity index (χ3v) is 4.72. The fraction of sp³-hybridized carbons (Fsp3) is 0.909. The van der Waals surface area contributed by atoms with E-state index in [2.05, 4.69) is 10.3 Å². The largest absolute Gasteiger partial charge is 0.388 e. The number of likely N-dealkylation sites (N-methyl/N-ethyl adjacent to an activating group) is 1. The van der Waals surface area contributed by atoms with Crippen LogP contribution in [-0.4, -0.2) is 77.3 Å². The van der Waals surface area contributed by atoms with Crippen LogP contribution in [0.25, 0.3) is 0 Å². The smallest absolute Gasteiger partial charge is 0.161 e. The Morgan fingerprint density at radius 2 is 2.06 bits per heavy atom. The minimum absolute atomic E-state index is 0.0281. The van der Waals surface area contributed by atoms with Gasteiger partial charge in [0.15, 0.2) is 5.17 Å². The fourth-order valence-electron chi connectivity index (χ4n) is 2.17. The molecule has 0 radical (unpaired) electrons. The number of aliphatic hydroxyl groups excluding tert-OH is 2. The van der Waals surface area contributed by atoms with Crippen molar-refractivity contribution in [3.8, 4) is 0 Å². The summed E-state index contributed by atoms with van der Waals surface area (Å²) in [6.07, 6.45) is -2.22. The molecule has 0 aromatic heterocycles. The Bertz CT molecular complexity index is 339. The number of nitrogens with zero attached hydrogens (tertiary/aromatic N) is 2. The zero-order valence-electron chi connectivity index (χ0n) is 11.1. The fourth-order valence-corrected chi connectivity index (χ4v) is 3.31. The first-order valence-corrected chi connectivity index (χ1v) is 6.94. The Hall–Kier alpha value is -0.340. The molecular weight excluding hydrogens is 254 g/mol. The molecule has 2 aliphatic heterocycles. The van der Waals surface area contributed by atoms with Crippen LogP contribution in [0.4, 0.5) is 0 Å². The van der Waals surface area contributed by atoms with Crippen LogP contribution in [0.3, 0.4) is 0 Å². The van der Waals surface area contributed by atoms with Crippen LogP contribution in [0.1, 0.15) is 6.92 Å². The van der Waals surface area contributed by atoms with E-state index in [1.54, 1.807) is 0 Å². The summed E-state index contributed by atoms with van der Waals surface area (Å²) in [5, 5.41) is 24.1. The molecule has 0 unspecified atom stereocenters. The molecule has 1 saturated heterocycles. The summed E-state index contributed by atoms with van der Waals surface area (Å²) in [6, 6.07) is -0.415. The highest BCUT2D eigenvalue weighted by atomic mass is 32.2. The third-order valence-electron chi connectivity index (χ3n) is 3.42. The lowest BCUT2D eigenvalue weighted by atomic mass is 9.94. The maximum absolute atomic E-state index is 10.2. The van der Waals surface area contributed by atoms with Crippen LogP contribution in [0.15, 0.2) is 4.99 Å². The summed E-state index contributed by atoms with van der Waals surface area (Å²) in [4.78, 5) is 6.30. The van der Waals surface area contributed by atoms with E-state index in [0.29, 0.717) is 0 Å². The Kier molecular flexibility index (Phi) is 4.18. The molecule has 6 atom stereocenters. The number of hydrogen-bond acceptors (Lipinski definition) is 7. The van der Waals surface area contributed by atoms with E-state index in [9.17, 15) is 10.2 Å². The van der Waals surface area contributed by atoms with Gasteiger partial charge in [-0.05, 0) is 14.0 Å². The Labute approximate surface area is 111 Å². The SMILES string of the molecule is CN[C@@H](C)[C@H]1O[C@@H]2SC(N(C)C)=N[C@@H]2[C@@H](O)[C@@H]1O. The zero-order valence-corrected chi connectivity index (χ0v) is 11.9. The Morgan fingerprint density at radius 3 is 2.61 bits per heavy atom. The normalized spacial score (nSPS) is 41.2. The van der Waals surface area contributed by atoms with E-state index in [0.717, 1.165) is 5.17 Å². The predicted molar refractivity (Wildman–Crippen MR) is 71.7 cm³/mol. The summed E-state index contributed by atoms with van der Waals surface area (Å²) in [5.41, 5.74) is -0.221. The minimum Gasteiger partial charge on any atom is -0.388 e. The highest BCUT2D eigenvalue weighted by Gasteiger charge is 2.49. The second kappa shape index (κ2) is 5.34. The van der Waals surface area contributed by atoms with Gasteiger partial charge in [-0.3, -0.25) is 4.99 Å². The van der Waals surface area contributed by atoms with E-state index < -0.39 is 18.3 Å². The molecule has 18 heavy (non-hydrogen) atoms. The van der Waals surface area contributed by atoms with Crippen molar-refractivity contribution < 1.29 is 14.9 Å². The first kappa shape index (κ1) is 14.1. The molecule has 0 amide bonds. The van der Waals surface area contributed by atoms with Crippen molar-refractivity contribution in [2.45, 2.75) is 42.8 Å². The number of amidine groups is 1. The second-order valence-corrected chi connectivity index (χ2v) is 6.01. The number of nitrogens with one attached hydrogen (secondary N) is 1. The zero-order chi connectivity index (χ0) is 13.4. The van der Waals surface area contributed by atoms with Crippen LogP contribution in [0.2, 0.25) is 0 Å². The number of rotatable bonds is 2. The van der Waals surface area contributed by atoms with Gasteiger partial charge in [-0.1, -0.05) is 11.8 Å².